The molecule has 2 saturated carbocycles. The number of rotatable bonds is 4. The number of carbonyl (C=O) groups is 1. The Morgan fingerprint density at radius 1 is 1.00 bits per heavy atom. The van der Waals surface area contributed by atoms with Crippen molar-refractivity contribution in [1.29, 1.82) is 5.26 Å². The van der Waals surface area contributed by atoms with Gasteiger partial charge in [0.2, 0.25) is 5.91 Å². The van der Waals surface area contributed by atoms with Gasteiger partial charge in [0.25, 0.3) is 0 Å². The summed E-state index contributed by atoms with van der Waals surface area (Å²) in [6, 6.07) is 2.53. The zero-order chi connectivity index (χ0) is 13.5. The van der Waals surface area contributed by atoms with Crippen LogP contribution in [0.4, 0.5) is 0 Å². The number of nitrogens with zero attached hydrogens (tertiary/aromatic N) is 2. The third-order valence-electron chi connectivity index (χ3n) is 4.76. The first-order valence-corrected chi connectivity index (χ1v) is 7.97. The maximum Gasteiger partial charge on any atom is 0.223 e. The normalized spacial score (nSPS) is 21.8. The van der Waals surface area contributed by atoms with E-state index in [1.807, 2.05) is 4.90 Å². The van der Waals surface area contributed by atoms with Crippen molar-refractivity contribution in [3.63, 3.8) is 0 Å². The molecule has 0 heterocycles. The lowest BCUT2D eigenvalue weighted by Gasteiger charge is -2.28. The van der Waals surface area contributed by atoms with Crippen molar-refractivity contribution in [1.82, 2.24) is 4.90 Å². The van der Waals surface area contributed by atoms with E-state index < -0.39 is 0 Å². The van der Waals surface area contributed by atoms with Crippen molar-refractivity contribution in [3.8, 4) is 6.07 Å². The van der Waals surface area contributed by atoms with Crippen LogP contribution in [0.25, 0.3) is 0 Å². The summed E-state index contributed by atoms with van der Waals surface area (Å²) < 4.78 is 0. The van der Waals surface area contributed by atoms with Gasteiger partial charge in [0.15, 0.2) is 0 Å². The predicted octanol–water partition coefficient (Wildman–Crippen LogP) is 3.64. The molecule has 3 nitrogen and oxygen atoms in total. The van der Waals surface area contributed by atoms with Crippen LogP contribution >= 0.6 is 0 Å². The van der Waals surface area contributed by atoms with E-state index in [0.29, 0.717) is 18.4 Å². The van der Waals surface area contributed by atoms with E-state index in [0.717, 1.165) is 12.8 Å². The van der Waals surface area contributed by atoms with Gasteiger partial charge < -0.3 is 4.90 Å². The summed E-state index contributed by atoms with van der Waals surface area (Å²) in [6.45, 7) is 0.288. The molecule has 2 aliphatic carbocycles. The molecule has 106 valence electrons. The highest BCUT2D eigenvalue weighted by molar-refractivity contribution is 5.77. The first-order chi connectivity index (χ1) is 9.31. The summed E-state index contributed by atoms with van der Waals surface area (Å²) >= 11 is 0. The molecule has 0 spiro atoms. The fourth-order valence-electron chi connectivity index (χ4n) is 3.65. The van der Waals surface area contributed by atoms with Crippen LogP contribution in [-0.2, 0) is 4.79 Å². The van der Waals surface area contributed by atoms with E-state index in [1.54, 1.807) is 0 Å². The molecule has 0 aromatic rings. The summed E-state index contributed by atoms with van der Waals surface area (Å²) in [5.41, 5.74) is 0. The Kier molecular flexibility index (Phi) is 5.69. The molecule has 0 radical (unpaired) electrons. The number of hydrogen-bond acceptors (Lipinski definition) is 2. The molecule has 2 rings (SSSR count). The fraction of sp³-hybridized carbons (Fsp3) is 0.875. The predicted molar refractivity (Wildman–Crippen MR) is 75.4 cm³/mol. The van der Waals surface area contributed by atoms with Crippen LogP contribution in [-0.4, -0.2) is 23.4 Å². The van der Waals surface area contributed by atoms with Crippen LogP contribution in [0, 0.1) is 17.2 Å². The highest BCUT2D eigenvalue weighted by Gasteiger charge is 2.28. The van der Waals surface area contributed by atoms with Crippen LogP contribution in [0.5, 0.6) is 0 Å². The zero-order valence-corrected chi connectivity index (χ0v) is 11.9. The van der Waals surface area contributed by atoms with Crippen molar-refractivity contribution in [2.45, 2.75) is 76.7 Å². The molecule has 0 aliphatic heterocycles. The van der Waals surface area contributed by atoms with Gasteiger partial charge in [0.05, 0.1) is 6.07 Å². The molecular formula is C16H26N2O. The average molecular weight is 262 g/mol. The Morgan fingerprint density at radius 2 is 1.58 bits per heavy atom. The Morgan fingerprint density at radius 3 is 2.16 bits per heavy atom. The number of carbonyl (C=O) groups excluding carboxylic acids is 1. The van der Waals surface area contributed by atoms with Crippen LogP contribution in [0.2, 0.25) is 0 Å². The lowest BCUT2D eigenvalue weighted by molar-refractivity contribution is -0.133. The smallest absolute Gasteiger partial charge is 0.223 e. The summed E-state index contributed by atoms with van der Waals surface area (Å²) in [6.07, 6.45) is 12.9. The molecule has 3 heteroatoms. The minimum Gasteiger partial charge on any atom is -0.326 e. The molecule has 0 bridgehead atoms. The van der Waals surface area contributed by atoms with Gasteiger partial charge in [0, 0.05) is 12.5 Å². The van der Waals surface area contributed by atoms with Crippen molar-refractivity contribution >= 4 is 5.91 Å². The summed E-state index contributed by atoms with van der Waals surface area (Å²) in [5, 5.41) is 8.95. The van der Waals surface area contributed by atoms with Gasteiger partial charge in [-0.2, -0.15) is 5.26 Å². The van der Waals surface area contributed by atoms with Gasteiger partial charge in [-0.1, -0.05) is 38.5 Å². The Bertz CT molecular complexity index is 320. The van der Waals surface area contributed by atoms with Gasteiger partial charge in [-0.3, -0.25) is 4.79 Å². The Labute approximate surface area is 117 Å². The van der Waals surface area contributed by atoms with Gasteiger partial charge in [-0.15, -0.1) is 0 Å². The molecule has 1 amide bonds. The molecule has 0 N–H and O–H groups in total. The molecule has 0 saturated heterocycles. The Balaban J connectivity index is 1.88. The first kappa shape index (κ1) is 14.4. The maximum absolute atomic E-state index is 12.5. The molecule has 0 atom stereocenters. The standard InChI is InChI=1S/C16H26N2O/c17-11-12-18(15-9-5-6-10-15)16(19)13-14-7-3-1-2-4-8-14/h14-15H,1-10,12-13H2. The first-order valence-electron chi connectivity index (χ1n) is 7.97. The molecule has 2 aliphatic rings. The molecular weight excluding hydrogens is 236 g/mol. The second-order valence-corrected chi connectivity index (χ2v) is 6.18. The fourth-order valence-corrected chi connectivity index (χ4v) is 3.65. The topological polar surface area (TPSA) is 44.1 Å². The monoisotopic (exact) mass is 262 g/mol. The molecule has 19 heavy (non-hydrogen) atoms. The largest absolute Gasteiger partial charge is 0.326 e. The van der Waals surface area contributed by atoms with Crippen LogP contribution in [0.3, 0.4) is 0 Å². The van der Waals surface area contributed by atoms with Crippen molar-refractivity contribution < 1.29 is 4.79 Å². The number of hydrogen-bond donors (Lipinski definition) is 0. The van der Waals surface area contributed by atoms with E-state index in [1.165, 1.54) is 51.4 Å². The SMILES string of the molecule is N#CCN(C(=O)CC1CCCCCC1)C1CCCC1. The minimum absolute atomic E-state index is 0.236. The quantitative estimate of drug-likeness (QED) is 0.573. The van der Waals surface area contributed by atoms with Crippen LogP contribution in [0.1, 0.15) is 70.6 Å². The third-order valence-corrected chi connectivity index (χ3v) is 4.76. The van der Waals surface area contributed by atoms with Crippen molar-refractivity contribution in [2.24, 2.45) is 5.92 Å². The molecule has 0 aromatic heterocycles. The highest BCUT2D eigenvalue weighted by Crippen LogP contribution is 2.28. The summed E-state index contributed by atoms with van der Waals surface area (Å²) in [4.78, 5) is 14.3. The van der Waals surface area contributed by atoms with E-state index in [4.69, 9.17) is 5.26 Å². The van der Waals surface area contributed by atoms with E-state index in [-0.39, 0.29) is 12.5 Å². The van der Waals surface area contributed by atoms with Gasteiger partial charge in [0.1, 0.15) is 6.54 Å². The maximum atomic E-state index is 12.5. The van der Waals surface area contributed by atoms with Gasteiger partial charge >= 0.3 is 0 Å². The van der Waals surface area contributed by atoms with Crippen molar-refractivity contribution in [3.05, 3.63) is 0 Å². The highest BCUT2D eigenvalue weighted by atomic mass is 16.2. The van der Waals surface area contributed by atoms with Crippen LogP contribution in [0.15, 0.2) is 0 Å². The van der Waals surface area contributed by atoms with Gasteiger partial charge in [-0.25, -0.2) is 0 Å². The zero-order valence-electron chi connectivity index (χ0n) is 11.9. The number of nitriles is 1. The second kappa shape index (κ2) is 7.53. The second-order valence-electron chi connectivity index (χ2n) is 6.18. The third kappa shape index (κ3) is 4.23. The Hall–Kier alpha value is -1.04. The van der Waals surface area contributed by atoms with E-state index in [2.05, 4.69) is 6.07 Å². The summed E-state index contributed by atoms with van der Waals surface area (Å²) in [5.74, 6) is 0.804. The summed E-state index contributed by atoms with van der Waals surface area (Å²) in [7, 11) is 0. The van der Waals surface area contributed by atoms with Crippen LogP contribution < -0.4 is 0 Å². The minimum atomic E-state index is 0.236. The molecule has 2 fully saturated rings. The lowest BCUT2D eigenvalue weighted by atomic mass is 9.95. The average Bonchev–Trinajstić information content (AvgIpc) is 2.81. The van der Waals surface area contributed by atoms with E-state index in [9.17, 15) is 4.79 Å². The lowest BCUT2D eigenvalue weighted by Crippen LogP contribution is -2.39. The molecule has 0 unspecified atom stereocenters. The van der Waals surface area contributed by atoms with Gasteiger partial charge in [-0.05, 0) is 31.6 Å². The number of amides is 1. The molecule has 0 aromatic carbocycles. The van der Waals surface area contributed by atoms with Crippen molar-refractivity contribution in [2.75, 3.05) is 6.54 Å². The van der Waals surface area contributed by atoms with E-state index >= 15 is 0 Å².